The van der Waals surface area contributed by atoms with Gasteiger partial charge in [0, 0.05) is 35.1 Å². The number of aromatic nitrogens is 3. The fourth-order valence-electron chi connectivity index (χ4n) is 8.03. The zero-order chi connectivity index (χ0) is 30.2. The summed E-state index contributed by atoms with van der Waals surface area (Å²) in [5, 5.41) is 11.7. The molecular formula is C34H33F2N5O3. The van der Waals surface area contributed by atoms with Crippen molar-refractivity contribution in [2.75, 3.05) is 38.3 Å². The molecule has 44 heavy (non-hydrogen) atoms. The summed E-state index contributed by atoms with van der Waals surface area (Å²) in [5.74, 6) is 1.51. The van der Waals surface area contributed by atoms with E-state index in [1.807, 2.05) is 0 Å². The van der Waals surface area contributed by atoms with E-state index < -0.39 is 11.6 Å². The van der Waals surface area contributed by atoms with Crippen molar-refractivity contribution in [2.45, 2.75) is 56.7 Å². The van der Waals surface area contributed by atoms with Crippen LogP contribution in [0.4, 0.5) is 14.6 Å². The van der Waals surface area contributed by atoms with Gasteiger partial charge in [0.15, 0.2) is 5.82 Å². The zero-order valence-corrected chi connectivity index (χ0v) is 24.5. The Kier molecular flexibility index (Phi) is 6.40. The molecule has 2 saturated heterocycles. The smallest absolute Gasteiger partial charge is 0.319 e. The fourth-order valence-corrected chi connectivity index (χ4v) is 8.03. The number of halogens is 2. The van der Waals surface area contributed by atoms with Crippen LogP contribution in [0.5, 0.6) is 11.8 Å². The van der Waals surface area contributed by atoms with Crippen molar-refractivity contribution in [1.82, 2.24) is 19.9 Å². The molecule has 4 aliphatic rings. The lowest BCUT2D eigenvalue weighted by Crippen LogP contribution is -2.50. The summed E-state index contributed by atoms with van der Waals surface area (Å²) in [6.45, 7) is 2.70. The van der Waals surface area contributed by atoms with Crippen molar-refractivity contribution in [3.05, 3.63) is 47.7 Å². The van der Waals surface area contributed by atoms with Gasteiger partial charge in [-0.3, -0.25) is 4.98 Å². The summed E-state index contributed by atoms with van der Waals surface area (Å²) >= 11 is 0. The van der Waals surface area contributed by atoms with Gasteiger partial charge in [-0.15, -0.1) is 6.42 Å². The molecule has 2 aromatic carbocycles. The lowest BCUT2D eigenvalue weighted by molar-refractivity contribution is 0.0133. The number of pyridine rings is 1. The quantitative estimate of drug-likeness (QED) is 0.305. The molecule has 8 nitrogen and oxygen atoms in total. The van der Waals surface area contributed by atoms with Crippen LogP contribution in [0.1, 0.15) is 44.1 Å². The fraction of sp³-hybridized carbons (Fsp3) is 0.441. The number of aromatic hydroxyl groups is 1. The number of likely N-dealkylation sites (tertiary alicyclic amines) is 1. The van der Waals surface area contributed by atoms with Crippen LogP contribution in [0.15, 0.2) is 30.5 Å². The molecule has 4 fully saturated rings. The third-order valence-corrected chi connectivity index (χ3v) is 10.2. The van der Waals surface area contributed by atoms with E-state index in [0.717, 1.165) is 45.1 Å². The normalized spacial score (nSPS) is 26.4. The summed E-state index contributed by atoms with van der Waals surface area (Å²) in [6, 6.07) is 6.28. The Morgan fingerprint density at radius 1 is 1.18 bits per heavy atom. The number of nitrogens with zero attached hydrogens (tertiary/aromatic N) is 5. The lowest BCUT2D eigenvalue weighted by Gasteiger charge is -2.44. The second kappa shape index (κ2) is 10.2. The van der Waals surface area contributed by atoms with Crippen molar-refractivity contribution < 1.29 is 23.4 Å². The number of phenolic OH excluding ortho intramolecular Hbond substituents is 1. The molecule has 2 aliphatic carbocycles. The number of morpholine rings is 1. The first-order valence-electron chi connectivity index (χ1n) is 15.4. The first-order valence-corrected chi connectivity index (χ1v) is 15.4. The van der Waals surface area contributed by atoms with Gasteiger partial charge in [0.25, 0.3) is 0 Å². The van der Waals surface area contributed by atoms with Crippen molar-refractivity contribution in [1.29, 1.82) is 0 Å². The molecule has 0 bridgehead atoms. The number of hydrogen-bond donors (Lipinski definition) is 1. The number of anilines is 1. The van der Waals surface area contributed by atoms with Crippen LogP contribution in [0.3, 0.4) is 0 Å². The van der Waals surface area contributed by atoms with E-state index in [4.69, 9.17) is 20.9 Å². The number of ether oxygens (including phenoxy) is 2. The van der Waals surface area contributed by atoms with Crippen LogP contribution in [0.2, 0.25) is 0 Å². The summed E-state index contributed by atoms with van der Waals surface area (Å²) in [5.41, 5.74) is 0.133. The highest BCUT2D eigenvalue weighted by molar-refractivity contribution is 6.03. The molecule has 0 spiro atoms. The average molecular weight is 598 g/mol. The summed E-state index contributed by atoms with van der Waals surface area (Å²) in [6.07, 6.45) is 13.8. The van der Waals surface area contributed by atoms with E-state index >= 15 is 4.39 Å². The van der Waals surface area contributed by atoms with Gasteiger partial charge in [0.2, 0.25) is 0 Å². The first-order chi connectivity index (χ1) is 21.4. The van der Waals surface area contributed by atoms with Crippen LogP contribution in [-0.4, -0.2) is 76.5 Å². The predicted octanol–water partition coefficient (Wildman–Crippen LogP) is 5.43. The Balaban J connectivity index is 1.27. The van der Waals surface area contributed by atoms with Crippen molar-refractivity contribution in [3.63, 3.8) is 0 Å². The molecule has 4 heterocycles. The number of fused-ring (bicyclic) bond motifs is 4. The zero-order valence-electron chi connectivity index (χ0n) is 24.5. The van der Waals surface area contributed by atoms with Crippen LogP contribution in [0.25, 0.3) is 32.9 Å². The second-order valence-electron chi connectivity index (χ2n) is 12.7. The summed E-state index contributed by atoms with van der Waals surface area (Å²) in [7, 11) is 2.19. The number of piperidine rings is 1. The van der Waals surface area contributed by atoms with Crippen LogP contribution in [-0.2, 0) is 4.74 Å². The minimum atomic E-state index is -0.718. The maximum absolute atomic E-state index is 16.8. The molecule has 10 heteroatoms. The van der Waals surface area contributed by atoms with Gasteiger partial charge < -0.3 is 24.4 Å². The Morgan fingerprint density at radius 2 is 2.05 bits per heavy atom. The van der Waals surface area contributed by atoms with Gasteiger partial charge in [-0.25, -0.2) is 8.78 Å². The number of rotatable bonds is 5. The molecule has 4 atom stereocenters. The van der Waals surface area contributed by atoms with Gasteiger partial charge in [-0.1, -0.05) is 18.4 Å². The van der Waals surface area contributed by atoms with Gasteiger partial charge >= 0.3 is 6.01 Å². The third kappa shape index (κ3) is 4.28. The third-order valence-electron chi connectivity index (χ3n) is 10.2. The molecule has 1 N–H and O–H groups in total. The highest BCUT2D eigenvalue weighted by atomic mass is 19.1. The topological polar surface area (TPSA) is 83.8 Å². The summed E-state index contributed by atoms with van der Waals surface area (Å²) in [4.78, 5) is 18.6. The standard InChI is InChI=1S/C34H33F2N5O3/c1-3-21-24(35)8-7-19-14-20(42)15-22(28(19)21)30-29(36)31-23(17-37-30)32(41-12-13-43-26-16-25(26)41)39-33(38-31)44-18-34-9-4-6-27(34)40(2)11-5-10-34/h1,7-8,14-15,17,25-27,42H,4-6,9-13,16,18H2,2H3. The van der Waals surface area contributed by atoms with Gasteiger partial charge in [-0.05, 0) is 69.3 Å². The minimum Gasteiger partial charge on any atom is -0.508 e. The Labute approximate surface area is 254 Å². The van der Waals surface area contributed by atoms with Crippen LogP contribution >= 0.6 is 0 Å². The molecule has 0 amide bonds. The highest BCUT2D eigenvalue weighted by Crippen LogP contribution is 2.48. The predicted molar refractivity (Wildman–Crippen MR) is 163 cm³/mol. The SMILES string of the molecule is C#Cc1c(F)ccc2cc(O)cc(-c3ncc4c(N5CCOC6CC65)nc(OCC56CCCC5N(C)CCC6)nc4c3F)c12. The minimum absolute atomic E-state index is 0.0180. The van der Waals surface area contributed by atoms with E-state index in [2.05, 4.69) is 32.7 Å². The molecule has 4 aromatic rings. The Bertz CT molecular complexity index is 1860. The number of benzene rings is 2. The molecule has 8 rings (SSSR count). The molecule has 226 valence electrons. The van der Waals surface area contributed by atoms with Crippen molar-refractivity contribution in [2.24, 2.45) is 5.41 Å². The maximum Gasteiger partial charge on any atom is 0.319 e. The van der Waals surface area contributed by atoms with Gasteiger partial charge in [0.05, 0.1) is 36.3 Å². The first kappa shape index (κ1) is 27.5. The molecule has 0 radical (unpaired) electrons. The van der Waals surface area contributed by atoms with Crippen LogP contribution < -0.4 is 9.64 Å². The lowest BCUT2D eigenvalue weighted by atomic mass is 9.76. The molecule has 4 unspecified atom stereocenters. The number of hydrogen-bond acceptors (Lipinski definition) is 8. The second-order valence-corrected chi connectivity index (χ2v) is 12.7. The maximum atomic E-state index is 16.8. The van der Waals surface area contributed by atoms with E-state index in [-0.39, 0.29) is 51.7 Å². The van der Waals surface area contributed by atoms with Gasteiger partial charge in [-0.2, -0.15) is 9.97 Å². The van der Waals surface area contributed by atoms with Gasteiger partial charge in [0.1, 0.15) is 28.6 Å². The highest BCUT2D eigenvalue weighted by Gasteiger charge is 2.48. The molecule has 2 saturated carbocycles. The average Bonchev–Trinajstić information content (AvgIpc) is 3.70. The van der Waals surface area contributed by atoms with Crippen molar-refractivity contribution >= 4 is 27.5 Å². The van der Waals surface area contributed by atoms with E-state index in [1.54, 1.807) is 6.20 Å². The largest absolute Gasteiger partial charge is 0.508 e. The summed E-state index contributed by atoms with van der Waals surface area (Å²) < 4.78 is 43.8. The molecule has 2 aromatic heterocycles. The Morgan fingerprint density at radius 3 is 2.91 bits per heavy atom. The molecule has 2 aliphatic heterocycles. The monoisotopic (exact) mass is 597 g/mol. The number of terminal acetylenes is 1. The van der Waals surface area contributed by atoms with E-state index in [9.17, 15) is 9.50 Å². The van der Waals surface area contributed by atoms with E-state index in [0.29, 0.717) is 47.8 Å². The molecular weight excluding hydrogens is 564 g/mol. The Hall–Kier alpha value is -4.07. The number of phenols is 1. The van der Waals surface area contributed by atoms with E-state index in [1.165, 1.54) is 24.3 Å². The van der Waals surface area contributed by atoms with Crippen molar-refractivity contribution in [3.8, 4) is 35.4 Å². The van der Waals surface area contributed by atoms with Crippen LogP contribution in [0, 0.1) is 29.4 Å².